The third-order valence-electron chi connectivity index (χ3n) is 3.99. The highest BCUT2D eigenvalue weighted by atomic mass is 35.5. The zero-order valence-electron chi connectivity index (χ0n) is 11.5. The van der Waals surface area contributed by atoms with Gasteiger partial charge < -0.3 is 5.73 Å². The summed E-state index contributed by atoms with van der Waals surface area (Å²) in [5, 5.41) is 1.12. The molecule has 1 heterocycles. The van der Waals surface area contributed by atoms with Crippen LogP contribution in [0.25, 0.3) is 0 Å². The number of nitrogens with zero attached hydrogens (tertiary/aromatic N) is 1. The van der Waals surface area contributed by atoms with Crippen LogP contribution in [0.1, 0.15) is 44.6 Å². The quantitative estimate of drug-likeness (QED) is 0.818. The maximum absolute atomic E-state index is 6.11. The number of hydrogen-bond donors (Lipinski definition) is 1. The predicted molar refractivity (Wildman–Crippen MR) is 83.8 cm³/mol. The molecular weight excluding hydrogens is 279 g/mol. The number of benzene rings is 1. The van der Waals surface area contributed by atoms with E-state index >= 15 is 0 Å². The monoisotopic (exact) mass is 300 g/mol. The van der Waals surface area contributed by atoms with E-state index < -0.39 is 0 Å². The first-order valence-electron chi connectivity index (χ1n) is 7.09. The molecular formula is C15H22Cl2N2. The minimum atomic E-state index is 0.481. The van der Waals surface area contributed by atoms with Crippen molar-refractivity contribution in [3.63, 3.8) is 0 Å². The molecule has 1 fully saturated rings. The van der Waals surface area contributed by atoms with Gasteiger partial charge in [-0.15, -0.1) is 0 Å². The third-order valence-corrected chi connectivity index (χ3v) is 4.62. The second-order valence-corrected chi connectivity index (χ2v) is 6.17. The van der Waals surface area contributed by atoms with E-state index in [1.54, 1.807) is 0 Å². The molecule has 2 rings (SSSR count). The Hall–Kier alpha value is -0.440. The molecule has 0 aliphatic carbocycles. The summed E-state index contributed by atoms with van der Waals surface area (Å²) in [7, 11) is 0. The highest BCUT2D eigenvalue weighted by molar-refractivity contribution is 6.38. The van der Waals surface area contributed by atoms with Crippen LogP contribution in [-0.2, 0) is 6.54 Å². The topological polar surface area (TPSA) is 29.3 Å². The van der Waals surface area contributed by atoms with E-state index in [1.165, 1.54) is 32.1 Å². The number of rotatable bonds is 3. The summed E-state index contributed by atoms with van der Waals surface area (Å²) in [5.74, 6) is 0. The van der Waals surface area contributed by atoms with Gasteiger partial charge in [-0.25, -0.2) is 0 Å². The minimum absolute atomic E-state index is 0.481. The van der Waals surface area contributed by atoms with Gasteiger partial charge in [0.25, 0.3) is 0 Å². The lowest BCUT2D eigenvalue weighted by molar-refractivity contribution is 0.186. The van der Waals surface area contributed by atoms with Crippen molar-refractivity contribution in [2.75, 3.05) is 12.3 Å². The summed E-state index contributed by atoms with van der Waals surface area (Å²) >= 11 is 12.2. The zero-order valence-corrected chi connectivity index (χ0v) is 13.0. The van der Waals surface area contributed by atoms with E-state index in [0.717, 1.165) is 18.7 Å². The number of likely N-dealkylation sites (tertiary alicyclic amines) is 1. The lowest BCUT2D eigenvalue weighted by atomic mass is 10.1. The largest absolute Gasteiger partial charge is 0.396 e. The third kappa shape index (κ3) is 3.77. The summed E-state index contributed by atoms with van der Waals surface area (Å²) in [6.07, 6.45) is 6.48. The van der Waals surface area contributed by atoms with Gasteiger partial charge in [0.2, 0.25) is 0 Å². The van der Waals surface area contributed by atoms with Gasteiger partial charge in [0.05, 0.1) is 15.7 Å². The summed E-state index contributed by atoms with van der Waals surface area (Å²) in [5.41, 5.74) is 7.42. The first-order chi connectivity index (χ1) is 9.11. The molecule has 2 nitrogen and oxygen atoms in total. The van der Waals surface area contributed by atoms with Gasteiger partial charge in [0.1, 0.15) is 0 Å². The molecule has 1 aliphatic heterocycles. The van der Waals surface area contributed by atoms with E-state index in [1.807, 2.05) is 12.1 Å². The Balaban J connectivity index is 2.14. The number of nitrogen functional groups attached to an aromatic ring is 1. The lowest BCUT2D eigenvalue weighted by Crippen LogP contribution is -2.33. The van der Waals surface area contributed by atoms with E-state index in [0.29, 0.717) is 21.8 Å². The Kier molecular flexibility index (Phi) is 5.37. The molecule has 0 aromatic heterocycles. The smallest absolute Gasteiger partial charge is 0.0693 e. The van der Waals surface area contributed by atoms with Crippen LogP contribution in [0.15, 0.2) is 12.1 Å². The molecule has 1 saturated heterocycles. The molecule has 2 N–H and O–H groups in total. The van der Waals surface area contributed by atoms with Crippen LogP contribution in [0.4, 0.5) is 5.69 Å². The lowest BCUT2D eigenvalue weighted by Gasteiger charge is -2.29. The Morgan fingerprint density at radius 2 is 1.89 bits per heavy atom. The maximum atomic E-state index is 6.11. The van der Waals surface area contributed by atoms with E-state index in [9.17, 15) is 0 Å². The number of halogens is 2. The van der Waals surface area contributed by atoms with Gasteiger partial charge in [-0.3, -0.25) is 4.90 Å². The van der Waals surface area contributed by atoms with Crippen LogP contribution >= 0.6 is 23.2 Å². The van der Waals surface area contributed by atoms with Crippen molar-refractivity contribution in [1.29, 1.82) is 0 Å². The Morgan fingerprint density at radius 3 is 2.53 bits per heavy atom. The standard InChI is InChI=1S/C15H22Cl2N2/c1-2-12-6-4-3-5-7-19(12)10-11-8-13(16)15(18)14(17)9-11/h8-9,12H,2-7,10,18H2,1H3. The summed E-state index contributed by atoms with van der Waals surface area (Å²) in [4.78, 5) is 2.56. The highest BCUT2D eigenvalue weighted by Gasteiger charge is 2.20. The van der Waals surface area contributed by atoms with Crippen molar-refractivity contribution < 1.29 is 0 Å². The number of hydrogen-bond acceptors (Lipinski definition) is 2. The molecule has 1 atom stereocenters. The van der Waals surface area contributed by atoms with Gasteiger partial charge in [0.15, 0.2) is 0 Å². The Bertz CT molecular complexity index is 411. The van der Waals surface area contributed by atoms with Gasteiger partial charge in [0, 0.05) is 12.6 Å². The van der Waals surface area contributed by atoms with E-state index in [4.69, 9.17) is 28.9 Å². The molecule has 19 heavy (non-hydrogen) atoms. The van der Waals surface area contributed by atoms with E-state index in [-0.39, 0.29) is 0 Å². The normalized spacial score (nSPS) is 21.3. The van der Waals surface area contributed by atoms with Crippen molar-refractivity contribution in [2.45, 2.75) is 51.6 Å². The average molecular weight is 301 g/mol. The van der Waals surface area contributed by atoms with Crippen molar-refractivity contribution in [1.82, 2.24) is 4.90 Å². The SMILES string of the molecule is CCC1CCCCCN1Cc1cc(Cl)c(N)c(Cl)c1. The fourth-order valence-corrected chi connectivity index (χ4v) is 3.40. The molecule has 0 radical (unpaired) electrons. The van der Waals surface area contributed by atoms with Crippen LogP contribution in [-0.4, -0.2) is 17.5 Å². The number of anilines is 1. The summed E-state index contributed by atoms with van der Waals surface area (Å²) in [6.45, 7) is 4.35. The van der Waals surface area contributed by atoms with Crippen LogP contribution in [0.5, 0.6) is 0 Å². The van der Waals surface area contributed by atoms with Gasteiger partial charge >= 0.3 is 0 Å². The number of nitrogens with two attached hydrogens (primary N) is 1. The minimum Gasteiger partial charge on any atom is -0.396 e. The zero-order chi connectivity index (χ0) is 13.8. The molecule has 0 bridgehead atoms. The molecule has 1 aromatic rings. The Morgan fingerprint density at radius 1 is 1.21 bits per heavy atom. The molecule has 1 aromatic carbocycles. The fourth-order valence-electron chi connectivity index (χ4n) is 2.87. The molecule has 1 unspecified atom stereocenters. The first-order valence-corrected chi connectivity index (χ1v) is 7.85. The van der Waals surface area contributed by atoms with Crippen molar-refractivity contribution in [3.8, 4) is 0 Å². The fraction of sp³-hybridized carbons (Fsp3) is 0.600. The molecule has 1 aliphatic rings. The maximum Gasteiger partial charge on any atom is 0.0693 e. The van der Waals surface area contributed by atoms with E-state index in [2.05, 4.69) is 11.8 Å². The van der Waals surface area contributed by atoms with Gasteiger partial charge in [-0.1, -0.05) is 43.0 Å². The second kappa shape index (κ2) is 6.83. The predicted octanol–water partition coefficient (Wildman–Crippen LogP) is 4.73. The highest BCUT2D eigenvalue weighted by Crippen LogP contribution is 2.30. The van der Waals surface area contributed by atoms with Crippen LogP contribution in [0.3, 0.4) is 0 Å². The van der Waals surface area contributed by atoms with Gasteiger partial charge in [-0.05, 0) is 43.5 Å². The van der Waals surface area contributed by atoms with Gasteiger partial charge in [-0.2, -0.15) is 0 Å². The Labute approximate surface area is 125 Å². The second-order valence-electron chi connectivity index (χ2n) is 5.36. The average Bonchev–Trinajstić information content (AvgIpc) is 2.61. The van der Waals surface area contributed by atoms with Crippen molar-refractivity contribution in [2.24, 2.45) is 0 Å². The summed E-state index contributed by atoms with van der Waals surface area (Å²) < 4.78 is 0. The molecule has 0 spiro atoms. The molecule has 4 heteroatoms. The molecule has 0 saturated carbocycles. The summed E-state index contributed by atoms with van der Waals surface area (Å²) in [6, 6.07) is 4.57. The van der Waals surface area contributed by atoms with Crippen molar-refractivity contribution in [3.05, 3.63) is 27.7 Å². The first kappa shape index (κ1) is 15.0. The van der Waals surface area contributed by atoms with Crippen LogP contribution < -0.4 is 5.73 Å². The van der Waals surface area contributed by atoms with Crippen molar-refractivity contribution >= 4 is 28.9 Å². The van der Waals surface area contributed by atoms with Crippen LogP contribution in [0, 0.1) is 0 Å². The molecule has 106 valence electrons. The molecule has 0 amide bonds. The van der Waals surface area contributed by atoms with Crippen LogP contribution in [0.2, 0.25) is 10.0 Å².